The summed E-state index contributed by atoms with van der Waals surface area (Å²) in [6.45, 7) is 3.86. The van der Waals surface area contributed by atoms with Gasteiger partial charge in [0.15, 0.2) is 11.6 Å². The summed E-state index contributed by atoms with van der Waals surface area (Å²) < 4.78 is 20.3. The van der Waals surface area contributed by atoms with E-state index in [2.05, 4.69) is 9.88 Å². The first-order valence-corrected chi connectivity index (χ1v) is 8.13. The van der Waals surface area contributed by atoms with Crippen molar-refractivity contribution in [1.82, 2.24) is 14.3 Å². The number of methoxy groups -OCH3 is 1. The molecule has 0 saturated carbocycles. The number of pyridine rings is 1. The highest BCUT2D eigenvalue weighted by molar-refractivity contribution is 5.38. The predicted octanol–water partition coefficient (Wildman–Crippen LogP) is 2.86. The van der Waals surface area contributed by atoms with Crippen LogP contribution in [0.3, 0.4) is 0 Å². The summed E-state index contributed by atoms with van der Waals surface area (Å²) in [5.41, 5.74) is 2.06. The second kappa shape index (κ2) is 7.44. The van der Waals surface area contributed by atoms with E-state index in [-0.39, 0.29) is 17.1 Å². The lowest BCUT2D eigenvalue weighted by molar-refractivity contribution is 0.267. The van der Waals surface area contributed by atoms with Crippen LogP contribution in [0.2, 0.25) is 0 Å². The zero-order valence-electron chi connectivity index (χ0n) is 14.3. The lowest BCUT2D eigenvalue weighted by atomic mass is 10.2. The van der Waals surface area contributed by atoms with Crippen molar-refractivity contribution in [2.75, 3.05) is 13.7 Å². The van der Waals surface area contributed by atoms with Gasteiger partial charge in [-0.15, -0.1) is 0 Å². The van der Waals surface area contributed by atoms with Gasteiger partial charge in [0.1, 0.15) is 5.65 Å². The Bertz CT molecular complexity index is 939. The number of fused-ring (bicyclic) bond motifs is 1. The lowest BCUT2D eigenvalue weighted by Gasteiger charge is -2.20. The first-order chi connectivity index (χ1) is 12.1. The highest BCUT2D eigenvalue weighted by atomic mass is 19.1. The van der Waals surface area contributed by atoms with Gasteiger partial charge in [0, 0.05) is 25.4 Å². The molecule has 5 nitrogen and oxygen atoms in total. The third-order valence-electron chi connectivity index (χ3n) is 4.08. The molecule has 0 atom stereocenters. The topological polar surface area (TPSA) is 46.8 Å². The molecular formula is C19H20FN3O2. The average molecular weight is 341 g/mol. The van der Waals surface area contributed by atoms with Crippen molar-refractivity contribution in [2.24, 2.45) is 0 Å². The highest BCUT2D eigenvalue weighted by Gasteiger charge is 2.10. The number of hydrogen-bond donors (Lipinski definition) is 0. The van der Waals surface area contributed by atoms with Crippen LogP contribution in [0, 0.1) is 5.82 Å². The molecule has 0 fully saturated rings. The molecule has 0 saturated heterocycles. The molecule has 2 aromatic heterocycles. The van der Waals surface area contributed by atoms with Crippen LogP contribution in [-0.2, 0) is 13.1 Å². The number of benzene rings is 1. The van der Waals surface area contributed by atoms with Crippen LogP contribution >= 0.6 is 0 Å². The molecular weight excluding hydrogens is 321 g/mol. The normalized spacial score (nSPS) is 11.2. The van der Waals surface area contributed by atoms with Gasteiger partial charge in [-0.1, -0.05) is 19.1 Å². The average Bonchev–Trinajstić information content (AvgIpc) is 2.61. The fourth-order valence-corrected chi connectivity index (χ4v) is 2.76. The predicted molar refractivity (Wildman–Crippen MR) is 94.2 cm³/mol. The van der Waals surface area contributed by atoms with Crippen molar-refractivity contribution in [3.63, 3.8) is 0 Å². The van der Waals surface area contributed by atoms with E-state index in [1.165, 1.54) is 17.6 Å². The Labute approximate surface area is 145 Å². The Hall–Kier alpha value is -2.73. The van der Waals surface area contributed by atoms with Crippen molar-refractivity contribution in [2.45, 2.75) is 20.0 Å². The molecule has 3 aromatic rings. The first kappa shape index (κ1) is 17.1. The van der Waals surface area contributed by atoms with Crippen molar-refractivity contribution >= 4 is 5.65 Å². The molecule has 0 spiro atoms. The van der Waals surface area contributed by atoms with Crippen molar-refractivity contribution in [3.05, 3.63) is 76.1 Å². The number of hydrogen-bond acceptors (Lipinski definition) is 4. The molecule has 0 bridgehead atoms. The Kier molecular flexibility index (Phi) is 5.09. The maximum Gasteiger partial charge on any atom is 0.258 e. The number of aromatic nitrogens is 2. The molecule has 0 aliphatic rings. The molecule has 130 valence electrons. The molecule has 0 N–H and O–H groups in total. The summed E-state index contributed by atoms with van der Waals surface area (Å²) in [6.07, 6.45) is 1.70. The zero-order chi connectivity index (χ0) is 17.8. The molecule has 1 aromatic carbocycles. The van der Waals surface area contributed by atoms with E-state index in [0.717, 1.165) is 12.1 Å². The van der Waals surface area contributed by atoms with Crippen LogP contribution in [-0.4, -0.2) is 27.9 Å². The maximum atomic E-state index is 13.9. The number of halogens is 1. The van der Waals surface area contributed by atoms with Gasteiger partial charge in [0.2, 0.25) is 0 Å². The summed E-state index contributed by atoms with van der Waals surface area (Å²) >= 11 is 0. The molecule has 6 heteroatoms. The molecule has 0 unspecified atom stereocenters. The van der Waals surface area contributed by atoms with Gasteiger partial charge in [-0.25, -0.2) is 9.37 Å². The minimum Gasteiger partial charge on any atom is -0.494 e. The molecule has 0 radical (unpaired) electrons. The van der Waals surface area contributed by atoms with Gasteiger partial charge < -0.3 is 4.74 Å². The second-order valence-electron chi connectivity index (χ2n) is 5.79. The van der Waals surface area contributed by atoms with E-state index in [1.807, 2.05) is 19.1 Å². The van der Waals surface area contributed by atoms with Gasteiger partial charge in [-0.05, 0) is 36.4 Å². The van der Waals surface area contributed by atoms with Gasteiger partial charge in [-0.2, -0.15) is 0 Å². The van der Waals surface area contributed by atoms with Gasteiger partial charge in [0.05, 0.1) is 12.8 Å². The van der Waals surface area contributed by atoms with Gasteiger partial charge >= 0.3 is 0 Å². The second-order valence-corrected chi connectivity index (χ2v) is 5.79. The highest BCUT2D eigenvalue weighted by Crippen LogP contribution is 2.19. The molecule has 3 rings (SSSR count). The summed E-state index contributed by atoms with van der Waals surface area (Å²) in [6, 6.07) is 11.9. The third kappa shape index (κ3) is 3.85. The van der Waals surface area contributed by atoms with Crippen LogP contribution in [0.1, 0.15) is 18.2 Å². The monoisotopic (exact) mass is 341 g/mol. The number of ether oxygens (including phenoxy) is 1. The molecule has 0 aliphatic heterocycles. The smallest absolute Gasteiger partial charge is 0.258 e. The van der Waals surface area contributed by atoms with Crippen LogP contribution in [0.25, 0.3) is 5.65 Å². The van der Waals surface area contributed by atoms with Crippen molar-refractivity contribution in [1.29, 1.82) is 0 Å². The van der Waals surface area contributed by atoms with Crippen molar-refractivity contribution in [3.8, 4) is 5.75 Å². The first-order valence-electron chi connectivity index (χ1n) is 8.13. The fourth-order valence-electron chi connectivity index (χ4n) is 2.76. The third-order valence-corrected chi connectivity index (χ3v) is 4.08. The lowest BCUT2D eigenvalue weighted by Crippen LogP contribution is -2.25. The molecule has 0 aliphatic carbocycles. The van der Waals surface area contributed by atoms with Crippen LogP contribution < -0.4 is 10.3 Å². The van der Waals surface area contributed by atoms with Crippen LogP contribution in [0.15, 0.2) is 53.5 Å². The minimum atomic E-state index is -0.377. The standard InChI is InChI=1S/C19H20FN3O2/c1-3-22(12-14-7-8-17(25-2)16(20)10-14)13-15-11-19(24)23-9-5-4-6-18(23)21-15/h4-11H,3,12-13H2,1-2H3. The van der Waals surface area contributed by atoms with E-state index in [9.17, 15) is 9.18 Å². The van der Waals surface area contributed by atoms with Gasteiger partial charge in [0.25, 0.3) is 5.56 Å². The Balaban J connectivity index is 1.80. The Morgan fingerprint density at radius 3 is 2.76 bits per heavy atom. The summed E-state index contributed by atoms with van der Waals surface area (Å²) in [4.78, 5) is 18.8. The maximum absolute atomic E-state index is 13.9. The molecule has 0 amide bonds. The van der Waals surface area contributed by atoms with Crippen LogP contribution in [0.4, 0.5) is 4.39 Å². The van der Waals surface area contributed by atoms with E-state index >= 15 is 0 Å². The van der Waals surface area contributed by atoms with Crippen molar-refractivity contribution < 1.29 is 9.13 Å². The number of rotatable bonds is 6. The summed E-state index contributed by atoms with van der Waals surface area (Å²) in [5.74, 6) is -0.144. The van der Waals surface area contributed by atoms with E-state index < -0.39 is 0 Å². The van der Waals surface area contributed by atoms with Gasteiger partial charge in [-0.3, -0.25) is 14.1 Å². The van der Waals surface area contributed by atoms with E-state index in [4.69, 9.17) is 4.74 Å². The Morgan fingerprint density at radius 2 is 2.04 bits per heavy atom. The summed E-state index contributed by atoms with van der Waals surface area (Å²) in [7, 11) is 1.44. The molecule has 25 heavy (non-hydrogen) atoms. The molecule has 2 heterocycles. The van der Waals surface area contributed by atoms with E-state index in [0.29, 0.717) is 24.4 Å². The largest absolute Gasteiger partial charge is 0.494 e. The quantitative estimate of drug-likeness (QED) is 0.692. The fraction of sp³-hybridized carbons (Fsp3) is 0.263. The van der Waals surface area contributed by atoms with Crippen LogP contribution in [0.5, 0.6) is 5.75 Å². The van der Waals surface area contributed by atoms with E-state index in [1.54, 1.807) is 30.5 Å². The Morgan fingerprint density at radius 1 is 1.20 bits per heavy atom. The SMILES string of the molecule is CCN(Cc1ccc(OC)c(F)c1)Cc1cc(=O)n2ccccc2n1. The zero-order valence-corrected chi connectivity index (χ0v) is 14.3. The summed E-state index contributed by atoms with van der Waals surface area (Å²) in [5, 5.41) is 0. The minimum absolute atomic E-state index is 0.104. The number of nitrogens with zero attached hydrogens (tertiary/aromatic N) is 3.